The number of hydrogen-bond acceptors (Lipinski definition) is 5. The Morgan fingerprint density at radius 3 is 2.89 bits per heavy atom. The maximum Gasteiger partial charge on any atom is 0.130 e. The van der Waals surface area contributed by atoms with Gasteiger partial charge < -0.3 is 19.9 Å². The highest BCUT2D eigenvalue weighted by atomic mass is 16.5. The molecule has 3 N–H and O–H groups in total. The van der Waals surface area contributed by atoms with Gasteiger partial charge in [0.05, 0.1) is 17.5 Å². The Labute approximate surface area is 158 Å². The number of hydrogen-bond donors (Lipinski definition) is 2. The Kier molecular flexibility index (Phi) is 5.25. The average Bonchev–Trinajstić information content (AvgIpc) is 3.37. The Bertz CT molecular complexity index is 888. The summed E-state index contributed by atoms with van der Waals surface area (Å²) in [5.74, 6) is 1.54. The van der Waals surface area contributed by atoms with Gasteiger partial charge >= 0.3 is 0 Å². The van der Waals surface area contributed by atoms with Crippen molar-refractivity contribution in [3.63, 3.8) is 0 Å². The van der Waals surface area contributed by atoms with Gasteiger partial charge in [0.25, 0.3) is 0 Å². The number of H-pyrrole nitrogens is 1. The zero-order valence-corrected chi connectivity index (χ0v) is 15.1. The van der Waals surface area contributed by atoms with E-state index in [1.165, 1.54) is 0 Å². The lowest BCUT2D eigenvalue weighted by Crippen LogP contribution is -2.16. The van der Waals surface area contributed by atoms with Crippen molar-refractivity contribution in [2.45, 2.75) is 25.6 Å². The monoisotopic (exact) mass is 365 g/mol. The van der Waals surface area contributed by atoms with Crippen LogP contribution in [-0.4, -0.2) is 29.5 Å². The SMILES string of the molecule is Nc1cccc(OCc2cc(-c3ccccc3OCC3CCCO3)n[nH]2)c1. The van der Waals surface area contributed by atoms with Crippen LogP contribution in [0.15, 0.2) is 54.6 Å². The van der Waals surface area contributed by atoms with Gasteiger partial charge in [-0.2, -0.15) is 5.10 Å². The molecule has 2 heterocycles. The number of benzene rings is 2. The van der Waals surface area contributed by atoms with E-state index in [0.29, 0.717) is 18.9 Å². The molecule has 6 nitrogen and oxygen atoms in total. The molecule has 6 heteroatoms. The van der Waals surface area contributed by atoms with Crippen LogP contribution in [0.1, 0.15) is 18.5 Å². The first kappa shape index (κ1) is 17.4. The normalized spacial score (nSPS) is 16.4. The van der Waals surface area contributed by atoms with E-state index in [2.05, 4.69) is 10.2 Å². The quantitative estimate of drug-likeness (QED) is 0.623. The molecule has 1 fully saturated rings. The molecule has 0 saturated carbocycles. The lowest BCUT2D eigenvalue weighted by Gasteiger charge is -2.13. The van der Waals surface area contributed by atoms with Crippen molar-refractivity contribution in [3.8, 4) is 22.8 Å². The number of nitrogens with two attached hydrogens (primary N) is 1. The molecule has 1 aromatic heterocycles. The number of nitrogens with one attached hydrogen (secondary N) is 1. The largest absolute Gasteiger partial charge is 0.490 e. The molecular weight excluding hydrogens is 342 g/mol. The summed E-state index contributed by atoms with van der Waals surface area (Å²) in [5, 5.41) is 7.44. The van der Waals surface area contributed by atoms with Crippen molar-refractivity contribution in [3.05, 3.63) is 60.3 Å². The molecule has 3 aromatic rings. The molecule has 140 valence electrons. The van der Waals surface area contributed by atoms with Crippen LogP contribution in [0.2, 0.25) is 0 Å². The molecule has 0 spiro atoms. The third-order valence-electron chi connectivity index (χ3n) is 4.50. The first-order valence-electron chi connectivity index (χ1n) is 9.14. The number of aromatic nitrogens is 2. The Hall–Kier alpha value is -2.99. The molecule has 1 aliphatic heterocycles. The second-order valence-electron chi connectivity index (χ2n) is 6.58. The van der Waals surface area contributed by atoms with E-state index < -0.39 is 0 Å². The summed E-state index contributed by atoms with van der Waals surface area (Å²) in [4.78, 5) is 0. The van der Waals surface area contributed by atoms with Crippen molar-refractivity contribution in [1.29, 1.82) is 0 Å². The van der Waals surface area contributed by atoms with Crippen LogP contribution < -0.4 is 15.2 Å². The first-order chi connectivity index (χ1) is 13.3. The molecule has 1 saturated heterocycles. The smallest absolute Gasteiger partial charge is 0.130 e. The van der Waals surface area contributed by atoms with Gasteiger partial charge in [-0.25, -0.2) is 0 Å². The van der Waals surface area contributed by atoms with E-state index in [-0.39, 0.29) is 6.10 Å². The van der Waals surface area contributed by atoms with E-state index in [4.69, 9.17) is 19.9 Å². The highest BCUT2D eigenvalue weighted by Crippen LogP contribution is 2.29. The maximum absolute atomic E-state index is 6.00. The summed E-state index contributed by atoms with van der Waals surface area (Å²) in [6.07, 6.45) is 2.33. The number of nitrogen functional groups attached to an aromatic ring is 1. The van der Waals surface area contributed by atoms with Gasteiger partial charge in [0.15, 0.2) is 0 Å². The maximum atomic E-state index is 6.00. The second kappa shape index (κ2) is 8.14. The molecule has 0 amide bonds. The number of anilines is 1. The van der Waals surface area contributed by atoms with Gasteiger partial charge in [0, 0.05) is 23.9 Å². The third kappa shape index (κ3) is 4.41. The van der Waals surface area contributed by atoms with E-state index in [9.17, 15) is 0 Å². The standard InChI is InChI=1S/C21H23N3O3/c22-15-5-3-6-17(11-15)26-13-16-12-20(24-23-16)19-8-1-2-9-21(19)27-14-18-7-4-10-25-18/h1-3,5-6,8-9,11-12,18H,4,7,10,13-14,22H2,(H,23,24). The Morgan fingerprint density at radius 2 is 2.04 bits per heavy atom. The summed E-state index contributed by atoms with van der Waals surface area (Å²) in [7, 11) is 0. The Balaban J connectivity index is 1.43. The summed E-state index contributed by atoms with van der Waals surface area (Å²) < 4.78 is 17.4. The summed E-state index contributed by atoms with van der Waals surface area (Å²) in [6, 6.07) is 17.2. The van der Waals surface area contributed by atoms with E-state index >= 15 is 0 Å². The molecule has 1 atom stereocenters. The lowest BCUT2D eigenvalue weighted by molar-refractivity contribution is 0.0681. The predicted octanol–water partition coefficient (Wildman–Crippen LogP) is 3.80. The van der Waals surface area contributed by atoms with Crippen molar-refractivity contribution >= 4 is 5.69 Å². The van der Waals surface area contributed by atoms with Gasteiger partial charge in [-0.15, -0.1) is 0 Å². The fourth-order valence-electron chi connectivity index (χ4n) is 3.10. The highest BCUT2D eigenvalue weighted by Gasteiger charge is 2.17. The van der Waals surface area contributed by atoms with Crippen LogP contribution in [0.5, 0.6) is 11.5 Å². The van der Waals surface area contributed by atoms with Crippen molar-refractivity contribution in [1.82, 2.24) is 10.2 Å². The molecule has 27 heavy (non-hydrogen) atoms. The van der Waals surface area contributed by atoms with Gasteiger partial charge in [-0.05, 0) is 43.2 Å². The minimum absolute atomic E-state index is 0.180. The summed E-state index contributed by atoms with van der Waals surface area (Å²) in [6.45, 7) is 1.77. The molecule has 0 aliphatic carbocycles. The summed E-state index contributed by atoms with van der Waals surface area (Å²) in [5.41, 5.74) is 9.10. The predicted molar refractivity (Wildman–Crippen MR) is 104 cm³/mol. The average molecular weight is 365 g/mol. The zero-order valence-electron chi connectivity index (χ0n) is 15.1. The second-order valence-corrected chi connectivity index (χ2v) is 6.58. The van der Waals surface area contributed by atoms with Crippen LogP contribution in [0.3, 0.4) is 0 Å². The fourth-order valence-corrected chi connectivity index (χ4v) is 3.10. The van der Waals surface area contributed by atoms with Crippen LogP contribution in [0.25, 0.3) is 11.3 Å². The third-order valence-corrected chi connectivity index (χ3v) is 4.50. The minimum atomic E-state index is 0.180. The Morgan fingerprint density at radius 1 is 1.11 bits per heavy atom. The molecule has 1 aliphatic rings. The molecule has 0 radical (unpaired) electrons. The number of para-hydroxylation sites is 1. The topological polar surface area (TPSA) is 82.4 Å². The molecule has 1 unspecified atom stereocenters. The van der Waals surface area contributed by atoms with E-state index in [1.807, 2.05) is 48.5 Å². The molecule has 0 bridgehead atoms. The minimum Gasteiger partial charge on any atom is -0.490 e. The van der Waals surface area contributed by atoms with Crippen molar-refractivity contribution in [2.24, 2.45) is 0 Å². The van der Waals surface area contributed by atoms with Crippen LogP contribution in [0, 0.1) is 0 Å². The van der Waals surface area contributed by atoms with E-state index in [1.54, 1.807) is 6.07 Å². The van der Waals surface area contributed by atoms with Crippen molar-refractivity contribution in [2.75, 3.05) is 18.9 Å². The molecule has 4 rings (SSSR count). The highest BCUT2D eigenvalue weighted by molar-refractivity contribution is 5.67. The van der Waals surface area contributed by atoms with Gasteiger partial charge in [-0.3, -0.25) is 5.10 Å². The van der Waals surface area contributed by atoms with Gasteiger partial charge in [0.2, 0.25) is 0 Å². The molecule has 2 aromatic carbocycles. The zero-order chi connectivity index (χ0) is 18.5. The first-order valence-corrected chi connectivity index (χ1v) is 9.14. The number of aromatic amines is 1. The number of rotatable bonds is 7. The number of nitrogens with zero attached hydrogens (tertiary/aromatic N) is 1. The fraction of sp³-hybridized carbons (Fsp3) is 0.286. The van der Waals surface area contributed by atoms with Crippen LogP contribution in [0.4, 0.5) is 5.69 Å². The number of ether oxygens (including phenoxy) is 3. The summed E-state index contributed by atoms with van der Waals surface area (Å²) >= 11 is 0. The van der Waals surface area contributed by atoms with Gasteiger partial charge in [0.1, 0.15) is 24.7 Å². The van der Waals surface area contributed by atoms with Crippen LogP contribution >= 0.6 is 0 Å². The van der Waals surface area contributed by atoms with E-state index in [0.717, 1.165) is 47.9 Å². The van der Waals surface area contributed by atoms with Crippen molar-refractivity contribution < 1.29 is 14.2 Å². The molecular formula is C21H23N3O3. The van der Waals surface area contributed by atoms with Gasteiger partial charge in [-0.1, -0.05) is 18.2 Å². The van der Waals surface area contributed by atoms with Crippen LogP contribution in [-0.2, 0) is 11.3 Å². The lowest BCUT2D eigenvalue weighted by atomic mass is 10.1.